The summed E-state index contributed by atoms with van der Waals surface area (Å²) in [7, 11) is 0. The third kappa shape index (κ3) is 1.51. The highest BCUT2D eigenvalue weighted by atomic mass is 16.2. The van der Waals surface area contributed by atoms with Gasteiger partial charge in [-0.3, -0.25) is 4.79 Å². The number of hydrogen-bond acceptors (Lipinski definition) is 2. The molecule has 0 aromatic rings. The van der Waals surface area contributed by atoms with E-state index in [1.165, 1.54) is 0 Å². The van der Waals surface area contributed by atoms with Crippen molar-refractivity contribution in [1.29, 1.82) is 5.26 Å². The molecule has 1 aliphatic rings. The summed E-state index contributed by atoms with van der Waals surface area (Å²) in [5, 5.41) is 8.66. The van der Waals surface area contributed by atoms with Gasteiger partial charge in [-0.15, -0.1) is 0 Å². The van der Waals surface area contributed by atoms with E-state index in [-0.39, 0.29) is 11.9 Å². The van der Waals surface area contributed by atoms with Crippen molar-refractivity contribution in [2.45, 2.75) is 32.2 Å². The van der Waals surface area contributed by atoms with Crippen molar-refractivity contribution in [3.8, 4) is 6.07 Å². The Labute approximate surface area is 66.6 Å². The van der Waals surface area contributed by atoms with Crippen molar-refractivity contribution in [1.82, 2.24) is 4.90 Å². The van der Waals surface area contributed by atoms with Crippen LogP contribution in [0, 0.1) is 11.3 Å². The maximum Gasteiger partial charge on any atom is 0.223 e. The molecule has 1 amide bonds. The molecule has 1 saturated heterocycles. The Morgan fingerprint density at radius 1 is 1.82 bits per heavy atom. The smallest absolute Gasteiger partial charge is 0.223 e. The summed E-state index contributed by atoms with van der Waals surface area (Å²) in [6, 6.07) is 1.94. The second-order valence-corrected chi connectivity index (χ2v) is 2.74. The Bertz CT molecular complexity index is 195. The molecule has 0 spiro atoms. The molecule has 1 fully saturated rings. The molecule has 11 heavy (non-hydrogen) atoms. The second-order valence-electron chi connectivity index (χ2n) is 2.74. The van der Waals surface area contributed by atoms with Gasteiger partial charge in [-0.2, -0.15) is 5.26 Å². The highest BCUT2D eigenvalue weighted by molar-refractivity contribution is 5.78. The van der Waals surface area contributed by atoms with Crippen LogP contribution in [0.4, 0.5) is 0 Å². The topological polar surface area (TPSA) is 44.1 Å². The molecule has 0 saturated carbocycles. The van der Waals surface area contributed by atoms with Gasteiger partial charge in [0, 0.05) is 13.0 Å². The molecular formula is C8H12N2O. The van der Waals surface area contributed by atoms with Crippen molar-refractivity contribution in [2.24, 2.45) is 0 Å². The van der Waals surface area contributed by atoms with Gasteiger partial charge in [0.15, 0.2) is 0 Å². The highest BCUT2D eigenvalue weighted by Crippen LogP contribution is 2.14. The van der Waals surface area contributed by atoms with Gasteiger partial charge in [-0.25, -0.2) is 0 Å². The van der Waals surface area contributed by atoms with Crippen LogP contribution in [0.1, 0.15) is 26.2 Å². The Morgan fingerprint density at radius 3 is 2.91 bits per heavy atom. The minimum atomic E-state index is -0.190. The Balaban J connectivity index is 2.59. The van der Waals surface area contributed by atoms with Gasteiger partial charge in [0.2, 0.25) is 5.91 Å². The SMILES string of the molecule is CC[C@@H](C#N)N1CCCC1=O. The van der Waals surface area contributed by atoms with E-state index in [0.717, 1.165) is 19.4 Å². The molecule has 0 aromatic heterocycles. The molecule has 1 aliphatic heterocycles. The number of carbonyl (C=O) groups is 1. The van der Waals surface area contributed by atoms with Crippen LogP contribution in [0.5, 0.6) is 0 Å². The van der Waals surface area contributed by atoms with E-state index in [1.54, 1.807) is 4.90 Å². The predicted octanol–water partition coefficient (Wildman–Crippen LogP) is 0.911. The molecule has 1 rings (SSSR count). The zero-order valence-electron chi connectivity index (χ0n) is 6.71. The van der Waals surface area contributed by atoms with Gasteiger partial charge in [-0.05, 0) is 12.8 Å². The molecule has 0 aromatic carbocycles. The molecule has 60 valence electrons. The Kier molecular flexibility index (Phi) is 2.48. The van der Waals surface area contributed by atoms with E-state index in [0.29, 0.717) is 6.42 Å². The number of nitriles is 1. The van der Waals surface area contributed by atoms with Gasteiger partial charge < -0.3 is 4.90 Å². The van der Waals surface area contributed by atoms with Crippen LogP contribution in [-0.2, 0) is 4.79 Å². The first-order valence-electron chi connectivity index (χ1n) is 3.98. The maximum absolute atomic E-state index is 11.1. The van der Waals surface area contributed by atoms with Crippen molar-refractivity contribution >= 4 is 5.91 Å². The average Bonchev–Trinajstić information content (AvgIpc) is 2.40. The predicted molar refractivity (Wildman–Crippen MR) is 40.6 cm³/mol. The largest absolute Gasteiger partial charge is 0.327 e. The molecule has 3 heteroatoms. The number of carbonyl (C=O) groups excluding carboxylic acids is 1. The van der Waals surface area contributed by atoms with Gasteiger partial charge in [0.1, 0.15) is 6.04 Å². The summed E-state index contributed by atoms with van der Waals surface area (Å²) in [4.78, 5) is 12.8. The summed E-state index contributed by atoms with van der Waals surface area (Å²) in [6.45, 7) is 2.70. The van der Waals surface area contributed by atoms with Crippen LogP contribution in [0.2, 0.25) is 0 Å². The quantitative estimate of drug-likeness (QED) is 0.590. The van der Waals surface area contributed by atoms with Crippen LogP contribution < -0.4 is 0 Å². The van der Waals surface area contributed by atoms with Crippen molar-refractivity contribution in [2.75, 3.05) is 6.54 Å². The summed E-state index contributed by atoms with van der Waals surface area (Å²) < 4.78 is 0. The molecule has 1 heterocycles. The summed E-state index contributed by atoms with van der Waals surface area (Å²) in [5.41, 5.74) is 0. The summed E-state index contributed by atoms with van der Waals surface area (Å²) in [6.07, 6.45) is 2.28. The fraction of sp³-hybridized carbons (Fsp3) is 0.750. The monoisotopic (exact) mass is 152 g/mol. The van der Waals surface area contributed by atoms with E-state index in [1.807, 2.05) is 6.92 Å². The lowest BCUT2D eigenvalue weighted by molar-refractivity contribution is -0.128. The number of amides is 1. The van der Waals surface area contributed by atoms with Crippen LogP contribution in [0.25, 0.3) is 0 Å². The molecule has 3 nitrogen and oxygen atoms in total. The minimum Gasteiger partial charge on any atom is -0.327 e. The number of hydrogen-bond donors (Lipinski definition) is 0. The Morgan fingerprint density at radius 2 is 2.55 bits per heavy atom. The van der Waals surface area contributed by atoms with E-state index < -0.39 is 0 Å². The summed E-state index contributed by atoms with van der Waals surface area (Å²) >= 11 is 0. The van der Waals surface area contributed by atoms with Gasteiger partial charge in [0.25, 0.3) is 0 Å². The maximum atomic E-state index is 11.1. The van der Waals surface area contributed by atoms with Crippen LogP contribution in [-0.4, -0.2) is 23.4 Å². The first-order chi connectivity index (χ1) is 5.29. The van der Waals surface area contributed by atoms with E-state index in [4.69, 9.17) is 5.26 Å². The van der Waals surface area contributed by atoms with E-state index in [9.17, 15) is 4.79 Å². The molecule has 0 unspecified atom stereocenters. The van der Waals surface area contributed by atoms with Crippen LogP contribution in [0.3, 0.4) is 0 Å². The number of likely N-dealkylation sites (tertiary alicyclic amines) is 1. The van der Waals surface area contributed by atoms with E-state index >= 15 is 0 Å². The van der Waals surface area contributed by atoms with Crippen molar-refractivity contribution < 1.29 is 4.79 Å². The van der Waals surface area contributed by atoms with Gasteiger partial charge in [0.05, 0.1) is 6.07 Å². The second kappa shape index (κ2) is 3.38. The minimum absolute atomic E-state index is 0.137. The van der Waals surface area contributed by atoms with E-state index in [2.05, 4.69) is 6.07 Å². The van der Waals surface area contributed by atoms with Crippen molar-refractivity contribution in [3.05, 3.63) is 0 Å². The number of nitrogens with zero attached hydrogens (tertiary/aromatic N) is 2. The molecule has 0 aliphatic carbocycles. The third-order valence-corrected chi connectivity index (χ3v) is 2.02. The molecule has 0 radical (unpaired) electrons. The molecule has 0 N–H and O–H groups in total. The first-order valence-corrected chi connectivity index (χ1v) is 3.98. The van der Waals surface area contributed by atoms with Crippen LogP contribution >= 0.6 is 0 Å². The lowest BCUT2D eigenvalue weighted by Gasteiger charge is -2.19. The van der Waals surface area contributed by atoms with Gasteiger partial charge in [-0.1, -0.05) is 6.92 Å². The zero-order chi connectivity index (χ0) is 8.27. The lowest BCUT2D eigenvalue weighted by atomic mass is 10.2. The molecule has 0 bridgehead atoms. The third-order valence-electron chi connectivity index (χ3n) is 2.02. The molecule has 1 atom stereocenters. The summed E-state index contributed by atoms with van der Waals surface area (Å²) in [5.74, 6) is 0.137. The standard InChI is InChI=1S/C8H12N2O/c1-2-7(6-9)10-5-3-4-8(10)11/h7H,2-5H2,1H3/t7-/m0/s1. The highest BCUT2D eigenvalue weighted by Gasteiger charge is 2.26. The van der Waals surface area contributed by atoms with Crippen LogP contribution in [0.15, 0.2) is 0 Å². The normalized spacial score (nSPS) is 20.0. The lowest BCUT2D eigenvalue weighted by Crippen LogP contribution is -2.34. The average molecular weight is 152 g/mol. The Hall–Kier alpha value is -1.04. The van der Waals surface area contributed by atoms with Gasteiger partial charge >= 0.3 is 0 Å². The number of rotatable bonds is 2. The molecular weight excluding hydrogens is 140 g/mol. The fourth-order valence-electron chi connectivity index (χ4n) is 1.38. The zero-order valence-corrected chi connectivity index (χ0v) is 6.71. The fourth-order valence-corrected chi connectivity index (χ4v) is 1.38. The van der Waals surface area contributed by atoms with Crippen molar-refractivity contribution in [3.63, 3.8) is 0 Å². The first kappa shape index (κ1) is 8.06.